The third kappa shape index (κ3) is 3.67. The lowest BCUT2D eigenvalue weighted by Crippen LogP contribution is -2.43. The van der Waals surface area contributed by atoms with Crippen LogP contribution in [0.25, 0.3) is 0 Å². The molecule has 5 nitrogen and oxygen atoms in total. The Bertz CT molecular complexity index is 470. The average Bonchev–Trinajstić information content (AvgIpc) is 2.78. The van der Waals surface area contributed by atoms with Crippen LogP contribution in [0.15, 0.2) is 9.95 Å². The van der Waals surface area contributed by atoms with Gasteiger partial charge in [-0.2, -0.15) is 0 Å². The summed E-state index contributed by atoms with van der Waals surface area (Å²) in [5.74, 6) is 0.808. The molecule has 20 heavy (non-hydrogen) atoms. The minimum Gasteiger partial charge on any atom is -0.313 e. The summed E-state index contributed by atoms with van der Waals surface area (Å²) in [6.45, 7) is 5.54. The summed E-state index contributed by atoms with van der Waals surface area (Å²) in [7, 11) is 1.78. The fourth-order valence-corrected chi connectivity index (χ4v) is 4.22. The fraction of sp³-hybridized carbons (Fsp3) is 0.857. The maximum atomic E-state index is 11.5. The van der Waals surface area contributed by atoms with E-state index >= 15 is 0 Å². The first kappa shape index (κ1) is 15.6. The fourth-order valence-electron chi connectivity index (χ4n) is 2.85. The second-order valence-electron chi connectivity index (χ2n) is 5.67. The van der Waals surface area contributed by atoms with Gasteiger partial charge in [0.25, 0.3) is 0 Å². The number of aromatic amines is 1. The van der Waals surface area contributed by atoms with Crippen molar-refractivity contribution in [1.29, 1.82) is 0 Å². The Hall–Kier alpha value is -0.750. The highest BCUT2D eigenvalue weighted by Crippen LogP contribution is 2.36. The highest BCUT2D eigenvalue weighted by Gasteiger charge is 2.31. The first-order chi connectivity index (χ1) is 9.65. The Balaban J connectivity index is 2.06. The second-order valence-corrected chi connectivity index (χ2v) is 6.88. The highest BCUT2D eigenvalue weighted by molar-refractivity contribution is 7.99. The quantitative estimate of drug-likeness (QED) is 0.845. The molecule has 0 spiro atoms. The molecule has 6 heteroatoms. The lowest BCUT2D eigenvalue weighted by Gasteiger charge is -2.35. The van der Waals surface area contributed by atoms with Crippen molar-refractivity contribution in [2.24, 2.45) is 13.0 Å². The minimum absolute atomic E-state index is 0.131. The van der Waals surface area contributed by atoms with Gasteiger partial charge in [0.05, 0.1) is 0 Å². The van der Waals surface area contributed by atoms with E-state index in [0.717, 1.165) is 24.0 Å². The number of aromatic nitrogens is 3. The van der Waals surface area contributed by atoms with Crippen LogP contribution in [-0.2, 0) is 7.05 Å². The van der Waals surface area contributed by atoms with Gasteiger partial charge in [0, 0.05) is 18.3 Å². The molecule has 0 radical (unpaired) electrons. The van der Waals surface area contributed by atoms with Gasteiger partial charge in [0.15, 0.2) is 5.16 Å². The Morgan fingerprint density at radius 2 is 2.25 bits per heavy atom. The van der Waals surface area contributed by atoms with Crippen LogP contribution in [0.2, 0.25) is 0 Å². The summed E-state index contributed by atoms with van der Waals surface area (Å²) >= 11 is 1.75. The largest absolute Gasteiger partial charge is 0.343 e. The second kappa shape index (κ2) is 7.31. The smallest absolute Gasteiger partial charge is 0.313 e. The molecule has 1 heterocycles. The van der Waals surface area contributed by atoms with Crippen LogP contribution < -0.4 is 11.0 Å². The molecule has 114 valence electrons. The van der Waals surface area contributed by atoms with Crippen LogP contribution in [0, 0.1) is 5.92 Å². The lowest BCUT2D eigenvalue weighted by atomic mass is 9.84. The van der Waals surface area contributed by atoms with Gasteiger partial charge in [-0.3, -0.25) is 4.57 Å². The summed E-state index contributed by atoms with van der Waals surface area (Å²) < 4.78 is 1.61. The SMILES string of the molecule is CCCNC1CCC(CC)CC1Sc1n[nH]c(=O)n1C. The maximum absolute atomic E-state index is 11.5. The maximum Gasteiger partial charge on any atom is 0.343 e. The Kier molecular flexibility index (Phi) is 5.72. The van der Waals surface area contributed by atoms with Crippen LogP contribution in [0.1, 0.15) is 46.0 Å². The molecule has 2 rings (SSSR count). The van der Waals surface area contributed by atoms with E-state index in [1.54, 1.807) is 23.4 Å². The van der Waals surface area contributed by atoms with Gasteiger partial charge in [-0.15, -0.1) is 5.10 Å². The van der Waals surface area contributed by atoms with Crippen molar-refractivity contribution in [1.82, 2.24) is 20.1 Å². The molecule has 1 aromatic heterocycles. The van der Waals surface area contributed by atoms with Gasteiger partial charge >= 0.3 is 5.69 Å². The first-order valence-corrected chi connectivity index (χ1v) is 8.55. The average molecular weight is 298 g/mol. The first-order valence-electron chi connectivity index (χ1n) is 7.67. The van der Waals surface area contributed by atoms with E-state index in [9.17, 15) is 4.79 Å². The molecule has 0 bridgehead atoms. The van der Waals surface area contributed by atoms with E-state index in [1.165, 1.54) is 25.7 Å². The summed E-state index contributed by atoms with van der Waals surface area (Å²) in [6.07, 6.45) is 6.16. The molecule has 1 aliphatic carbocycles. The minimum atomic E-state index is -0.131. The Morgan fingerprint density at radius 3 is 2.85 bits per heavy atom. The molecule has 3 atom stereocenters. The standard InChI is InChI=1S/C14H26N4OS/c1-4-8-15-11-7-6-10(5-2)9-12(11)20-14-17-16-13(19)18(14)3/h10-12,15H,4-9H2,1-3H3,(H,16,19). The monoisotopic (exact) mass is 298 g/mol. The molecular formula is C14H26N4OS. The number of thioether (sulfide) groups is 1. The molecule has 0 saturated heterocycles. The van der Waals surface area contributed by atoms with Crippen molar-refractivity contribution in [3.8, 4) is 0 Å². The normalized spacial score (nSPS) is 26.9. The third-order valence-corrected chi connectivity index (χ3v) is 5.63. The topological polar surface area (TPSA) is 62.7 Å². The zero-order chi connectivity index (χ0) is 14.5. The van der Waals surface area contributed by atoms with Crippen LogP contribution in [-0.4, -0.2) is 32.6 Å². The van der Waals surface area contributed by atoms with Crippen molar-refractivity contribution in [2.45, 2.75) is 62.4 Å². The predicted molar refractivity (Wildman–Crippen MR) is 83.2 cm³/mol. The molecule has 0 amide bonds. The van der Waals surface area contributed by atoms with Gasteiger partial charge in [-0.25, -0.2) is 9.89 Å². The number of hydrogen-bond acceptors (Lipinski definition) is 4. The van der Waals surface area contributed by atoms with Crippen LogP contribution in [0.4, 0.5) is 0 Å². The molecule has 0 aliphatic heterocycles. The zero-order valence-corrected chi connectivity index (χ0v) is 13.5. The van der Waals surface area contributed by atoms with Crippen molar-refractivity contribution in [3.05, 3.63) is 10.5 Å². The van der Waals surface area contributed by atoms with E-state index in [4.69, 9.17) is 0 Å². The molecule has 3 unspecified atom stereocenters. The van der Waals surface area contributed by atoms with Crippen molar-refractivity contribution >= 4 is 11.8 Å². The van der Waals surface area contributed by atoms with Crippen LogP contribution in [0.3, 0.4) is 0 Å². The van der Waals surface area contributed by atoms with E-state index in [-0.39, 0.29) is 5.69 Å². The molecule has 1 saturated carbocycles. The van der Waals surface area contributed by atoms with Crippen molar-refractivity contribution in [2.75, 3.05) is 6.54 Å². The highest BCUT2D eigenvalue weighted by atomic mass is 32.2. The summed E-state index contributed by atoms with van der Waals surface area (Å²) in [4.78, 5) is 11.5. The van der Waals surface area contributed by atoms with Crippen molar-refractivity contribution < 1.29 is 0 Å². The summed E-state index contributed by atoms with van der Waals surface area (Å²) in [5.41, 5.74) is -0.131. The van der Waals surface area contributed by atoms with Gasteiger partial charge in [-0.05, 0) is 38.1 Å². The lowest BCUT2D eigenvalue weighted by molar-refractivity contribution is 0.295. The molecule has 1 aromatic rings. The Morgan fingerprint density at radius 1 is 1.45 bits per heavy atom. The summed E-state index contributed by atoms with van der Waals surface area (Å²) in [5, 5.41) is 11.6. The van der Waals surface area contributed by atoms with Crippen molar-refractivity contribution in [3.63, 3.8) is 0 Å². The number of hydrogen-bond donors (Lipinski definition) is 2. The molecule has 1 aliphatic rings. The molecule has 0 aromatic carbocycles. The number of nitrogens with zero attached hydrogens (tertiary/aromatic N) is 2. The van der Waals surface area contributed by atoms with E-state index in [1.807, 2.05) is 0 Å². The zero-order valence-electron chi connectivity index (χ0n) is 12.7. The van der Waals surface area contributed by atoms with Crippen LogP contribution in [0.5, 0.6) is 0 Å². The molecular weight excluding hydrogens is 272 g/mol. The number of nitrogens with one attached hydrogen (secondary N) is 2. The predicted octanol–water partition coefficient (Wildman–Crippen LogP) is 2.15. The van der Waals surface area contributed by atoms with E-state index < -0.39 is 0 Å². The van der Waals surface area contributed by atoms with Gasteiger partial charge in [0.2, 0.25) is 0 Å². The van der Waals surface area contributed by atoms with Gasteiger partial charge in [0.1, 0.15) is 0 Å². The summed E-state index contributed by atoms with van der Waals surface area (Å²) in [6, 6.07) is 0.537. The number of rotatable bonds is 6. The molecule has 1 fully saturated rings. The molecule has 2 N–H and O–H groups in total. The van der Waals surface area contributed by atoms with E-state index in [0.29, 0.717) is 11.3 Å². The van der Waals surface area contributed by atoms with E-state index in [2.05, 4.69) is 29.4 Å². The third-order valence-electron chi connectivity index (χ3n) is 4.23. The van der Waals surface area contributed by atoms with Crippen LogP contribution >= 0.6 is 11.8 Å². The Labute approximate surface area is 124 Å². The number of H-pyrrole nitrogens is 1. The van der Waals surface area contributed by atoms with Gasteiger partial charge in [-0.1, -0.05) is 32.0 Å². The van der Waals surface area contributed by atoms with Gasteiger partial charge < -0.3 is 5.32 Å².